The fraction of sp³-hybridized carbons (Fsp3) is 0.400. The lowest BCUT2D eigenvalue weighted by atomic mass is 10.1. The number of amides is 1. The van der Waals surface area contributed by atoms with Gasteiger partial charge in [0.05, 0.1) is 18.3 Å². The average molecular weight is 320 g/mol. The quantitative estimate of drug-likeness (QED) is 0.807. The fourth-order valence-corrected chi connectivity index (χ4v) is 2.62. The van der Waals surface area contributed by atoms with Crippen LogP contribution < -0.4 is 5.32 Å². The third kappa shape index (κ3) is 4.87. The number of hydrogen-bond donors (Lipinski definition) is 1. The first-order valence-corrected chi connectivity index (χ1v) is 7.88. The van der Waals surface area contributed by atoms with Gasteiger partial charge in [0.25, 0.3) is 0 Å². The average Bonchev–Trinajstić information content (AvgIpc) is 3.04. The van der Waals surface area contributed by atoms with Crippen molar-refractivity contribution in [1.29, 1.82) is 0 Å². The second-order valence-corrected chi connectivity index (χ2v) is 5.74. The molecule has 0 aromatic carbocycles. The molecule has 7 heteroatoms. The van der Waals surface area contributed by atoms with Gasteiger partial charge in [-0.05, 0) is 19.2 Å². The van der Waals surface area contributed by atoms with E-state index in [-0.39, 0.29) is 11.9 Å². The van der Waals surface area contributed by atoms with Gasteiger partial charge in [-0.3, -0.25) is 14.7 Å². The number of carbonyl (C=O) groups is 1. The maximum atomic E-state index is 11.9. The van der Waals surface area contributed by atoms with Crippen LogP contribution in [0.3, 0.4) is 0 Å². The van der Waals surface area contributed by atoms with Crippen molar-refractivity contribution in [1.82, 2.24) is 14.9 Å². The first kappa shape index (κ1) is 16.5. The van der Waals surface area contributed by atoms with Crippen LogP contribution in [0.5, 0.6) is 0 Å². The largest absolute Gasteiger partial charge is 0.383 e. The van der Waals surface area contributed by atoms with Crippen molar-refractivity contribution in [2.24, 2.45) is 0 Å². The van der Waals surface area contributed by atoms with E-state index in [1.54, 1.807) is 19.5 Å². The number of hydrogen-bond acceptors (Lipinski definition) is 6. The molecule has 0 aliphatic carbocycles. The number of ether oxygens (including phenoxy) is 1. The Kier molecular flexibility index (Phi) is 6.45. The molecule has 0 spiro atoms. The number of aromatic nitrogens is 2. The third-order valence-corrected chi connectivity index (χ3v) is 3.94. The molecule has 0 saturated carbocycles. The van der Waals surface area contributed by atoms with Gasteiger partial charge in [0.2, 0.25) is 5.91 Å². The van der Waals surface area contributed by atoms with E-state index in [0.29, 0.717) is 24.7 Å². The third-order valence-electron chi connectivity index (χ3n) is 3.26. The Balaban J connectivity index is 1.88. The normalized spacial score (nSPS) is 12.3. The zero-order chi connectivity index (χ0) is 15.8. The van der Waals surface area contributed by atoms with E-state index in [9.17, 15) is 4.79 Å². The minimum Gasteiger partial charge on any atom is -0.383 e. The van der Waals surface area contributed by atoms with Crippen LogP contribution in [0.15, 0.2) is 36.0 Å². The van der Waals surface area contributed by atoms with Crippen LogP contribution in [0.1, 0.15) is 18.2 Å². The number of nitrogens with zero attached hydrogens (tertiary/aromatic N) is 3. The van der Waals surface area contributed by atoms with Crippen LogP contribution in [-0.2, 0) is 9.53 Å². The van der Waals surface area contributed by atoms with Crippen molar-refractivity contribution in [2.75, 3.05) is 32.6 Å². The maximum absolute atomic E-state index is 11.9. The Morgan fingerprint density at radius 3 is 2.91 bits per heavy atom. The monoisotopic (exact) mass is 320 g/mol. The van der Waals surface area contributed by atoms with Gasteiger partial charge in [0.1, 0.15) is 0 Å². The SMILES string of the molecule is COC[C@@H](c1ccccn1)N(C)CCC(=O)Nc1nccs1. The van der Waals surface area contributed by atoms with Crippen LogP contribution in [0.4, 0.5) is 5.13 Å². The molecule has 2 heterocycles. The number of methoxy groups -OCH3 is 1. The van der Waals surface area contributed by atoms with Crippen LogP contribution in [-0.4, -0.2) is 48.1 Å². The van der Waals surface area contributed by atoms with Gasteiger partial charge >= 0.3 is 0 Å². The topological polar surface area (TPSA) is 67.3 Å². The molecule has 6 nitrogen and oxygen atoms in total. The van der Waals surface area contributed by atoms with Crippen molar-refractivity contribution in [3.63, 3.8) is 0 Å². The van der Waals surface area contributed by atoms with Gasteiger partial charge < -0.3 is 10.1 Å². The van der Waals surface area contributed by atoms with Crippen LogP contribution in [0, 0.1) is 0 Å². The molecule has 0 unspecified atom stereocenters. The van der Waals surface area contributed by atoms with Gasteiger partial charge in [0, 0.05) is 37.8 Å². The summed E-state index contributed by atoms with van der Waals surface area (Å²) in [7, 11) is 3.63. The maximum Gasteiger partial charge on any atom is 0.227 e. The number of carbonyl (C=O) groups excluding carboxylic acids is 1. The predicted octanol–water partition coefficient (Wildman–Crippen LogP) is 2.19. The standard InChI is InChI=1S/C15H20N4O2S/c1-19(9-6-14(20)18-15-17-8-10-22-15)13(11-21-2)12-5-3-4-7-16-12/h3-5,7-8,10,13H,6,9,11H2,1-2H3,(H,17,18,20)/t13-/m0/s1. The van der Waals surface area contributed by atoms with Gasteiger partial charge in [-0.2, -0.15) is 0 Å². The molecule has 22 heavy (non-hydrogen) atoms. The number of anilines is 1. The molecular weight excluding hydrogens is 300 g/mol. The highest BCUT2D eigenvalue weighted by molar-refractivity contribution is 7.13. The van der Waals surface area contributed by atoms with Crippen molar-refractivity contribution < 1.29 is 9.53 Å². The molecular formula is C15H20N4O2S. The van der Waals surface area contributed by atoms with Crippen LogP contribution in [0.2, 0.25) is 0 Å². The number of thiazole rings is 1. The summed E-state index contributed by atoms with van der Waals surface area (Å²) in [5, 5.41) is 5.24. The van der Waals surface area contributed by atoms with Gasteiger partial charge in [-0.25, -0.2) is 4.98 Å². The number of rotatable bonds is 8. The Hall–Kier alpha value is -1.83. The molecule has 0 saturated heterocycles. The van der Waals surface area contributed by atoms with Gasteiger partial charge in [-0.15, -0.1) is 11.3 Å². The second-order valence-electron chi connectivity index (χ2n) is 4.84. The summed E-state index contributed by atoms with van der Waals surface area (Å²) in [6.45, 7) is 1.14. The Morgan fingerprint density at radius 1 is 1.41 bits per heavy atom. The molecule has 0 bridgehead atoms. The van der Waals surface area contributed by atoms with E-state index < -0.39 is 0 Å². The number of likely N-dealkylation sites (N-methyl/N-ethyl adjacent to an activating group) is 1. The highest BCUT2D eigenvalue weighted by Crippen LogP contribution is 2.18. The zero-order valence-electron chi connectivity index (χ0n) is 12.7. The summed E-state index contributed by atoms with van der Waals surface area (Å²) in [5.41, 5.74) is 0.937. The highest BCUT2D eigenvalue weighted by atomic mass is 32.1. The Bertz CT molecular complexity index is 562. The molecule has 0 aliphatic rings. The number of nitrogens with one attached hydrogen (secondary N) is 1. The lowest BCUT2D eigenvalue weighted by molar-refractivity contribution is -0.116. The molecule has 0 fully saturated rings. The van der Waals surface area contributed by atoms with Gasteiger partial charge in [-0.1, -0.05) is 6.07 Å². The Morgan fingerprint density at radius 2 is 2.27 bits per heavy atom. The lowest BCUT2D eigenvalue weighted by Crippen LogP contribution is -2.31. The van der Waals surface area contributed by atoms with Crippen molar-refractivity contribution in [3.8, 4) is 0 Å². The number of pyridine rings is 1. The van der Waals surface area contributed by atoms with Crippen LogP contribution in [0.25, 0.3) is 0 Å². The zero-order valence-corrected chi connectivity index (χ0v) is 13.5. The molecule has 0 radical (unpaired) electrons. The van der Waals surface area contributed by atoms with E-state index in [1.165, 1.54) is 11.3 Å². The van der Waals surface area contributed by atoms with E-state index in [0.717, 1.165) is 5.69 Å². The van der Waals surface area contributed by atoms with E-state index in [1.807, 2.05) is 30.6 Å². The minimum atomic E-state index is -0.0426. The molecule has 2 rings (SSSR count). The Labute approximate surface area is 134 Å². The molecule has 1 amide bonds. The molecule has 118 valence electrons. The molecule has 0 aliphatic heterocycles. The minimum absolute atomic E-state index is 0.0267. The van der Waals surface area contributed by atoms with E-state index in [4.69, 9.17) is 4.74 Å². The summed E-state index contributed by atoms with van der Waals surface area (Å²) in [6.07, 6.45) is 3.83. The smallest absolute Gasteiger partial charge is 0.227 e. The van der Waals surface area contributed by atoms with Crippen molar-refractivity contribution >= 4 is 22.4 Å². The summed E-state index contributed by atoms with van der Waals surface area (Å²) in [4.78, 5) is 22.4. The highest BCUT2D eigenvalue weighted by Gasteiger charge is 2.19. The fourth-order valence-electron chi connectivity index (χ4n) is 2.07. The molecule has 2 aromatic heterocycles. The molecule has 2 aromatic rings. The van der Waals surface area contributed by atoms with E-state index >= 15 is 0 Å². The predicted molar refractivity (Wildman–Crippen MR) is 86.8 cm³/mol. The van der Waals surface area contributed by atoms with E-state index in [2.05, 4.69) is 20.2 Å². The first-order chi connectivity index (χ1) is 10.7. The summed E-state index contributed by atoms with van der Waals surface area (Å²) >= 11 is 1.41. The van der Waals surface area contributed by atoms with Crippen LogP contribution >= 0.6 is 11.3 Å². The lowest BCUT2D eigenvalue weighted by Gasteiger charge is -2.26. The van der Waals surface area contributed by atoms with Crippen molar-refractivity contribution in [2.45, 2.75) is 12.5 Å². The first-order valence-electron chi connectivity index (χ1n) is 7.00. The van der Waals surface area contributed by atoms with Crippen molar-refractivity contribution in [3.05, 3.63) is 41.7 Å². The summed E-state index contributed by atoms with van der Waals surface area (Å²) in [6, 6.07) is 5.83. The second kappa shape index (κ2) is 8.57. The van der Waals surface area contributed by atoms with Gasteiger partial charge in [0.15, 0.2) is 5.13 Å². The summed E-state index contributed by atoms with van der Waals surface area (Å²) in [5.74, 6) is -0.0426. The molecule has 1 N–H and O–H groups in total. The summed E-state index contributed by atoms with van der Waals surface area (Å²) < 4.78 is 5.28. The molecule has 1 atom stereocenters.